The zero-order valence-corrected chi connectivity index (χ0v) is 13.3. The molecule has 1 aliphatic heterocycles. The third-order valence-electron chi connectivity index (χ3n) is 3.78. The smallest absolute Gasteiger partial charge is 0.379 e. The number of alkyl halides is 3. The van der Waals surface area contributed by atoms with Crippen molar-refractivity contribution in [2.75, 3.05) is 45.9 Å². The third-order valence-corrected chi connectivity index (χ3v) is 3.78. The quantitative estimate of drug-likeness (QED) is 0.783. The van der Waals surface area contributed by atoms with Crippen molar-refractivity contribution in [1.82, 2.24) is 15.5 Å². The van der Waals surface area contributed by atoms with Gasteiger partial charge in [-0.1, -0.05) is 30.3 Å². The van der Waals surface area contributed by atoms with E-state index >= 15 is 0 Å². The lowest BCUT2D eigenvalue weighted by Gasteiger charge is -2.26. The van der Waals surface area contributed by atoms with Gasteiger partial charge in [-0.2, -0.15) is 13.2 Å². The van der Waals surface area contributed by atoms with Crippen LogP contribution < -0.4 is 10.6 Å². The lowest BCUT2D eigenvalue weighted by atomic mass is 10.1. The number of carbonyl (C=O) groups excluding carboxylic acids is 1. The van der Waals surface area contributed by atoms with Gasteiger partial charge in [-0.15, -0.1) is 0 Å². The van der Waals surface area contributed by atoms with Crippen LogP contribution in [0.15, 0.2) is 30.3 Å². The molecule has 8 heteroatoms. The van der Waals surface area contributed by atoms with E-state index in [9.17, 15) is 18.0 Å². The fourth-order valence-electron chi connectivity index (χ4n) is 2.50. The van der Waals surface area contributed by atoms with Gasteiger partial charge in [0.1, 0.15) is 6.04 Å². The Bertz CT molecular complexity index is 505. The summed E-state index contributed by atoms with van der Waals surface area (Å²) >= 11 is 0. The molecule has 1 atom stereocenters. The van der Waals surface area contributed by atoms with Crippen molar-refractivity contribution < 1.29 is 22.7 Å². The second-order valence-electron chi connectivity index (χ2n) is 5.57. The van der Waals surface area contributed by atoms with Crippen molar-refractivity contribution in [1.29, 1.82) is 0 Å². The van der Waals surface area contributed by atoms with E-state index in [1.165, 1.54) is 24.3 Å². The molecule has 0 saturated carbocycles. The van der Waals surface area contributed by atoms with Crippen LogP contribution in [0.25, 0.3) is 0 Å². The average molecular weight is 345 g/mol. The molecular weight excluding hydrogens is 323 g/mol. The number of morpholine rings is 1. The minimum absolute atomic E-state index is 0.0890. The number of carbonyl (C=O) groups is 1. The molecule has 1 heterocycles. The maximum Gasteiger partial charge on any atom is 0.407 e. The molecule has 1 fully saturated rings. The molecule has 1 aromatic rings. The van der Waals surface area contributed by atoms with E-state index in [1.54, 1.807) is 6.07 Å². The van der Waals surface area contributed by atoms with Crippen LogP contribution in [0.2, 0.25) is 0 Å². The normalized spacial score (nSPS) is 17.5. The van der Waals surface area contributed by atoms with E-state index in [4.69, 9.17) is 4.74 Å². The molecule has 2 rings (SSSR count). The van der Waals surface area contributed by atoms with Crippen LogP contribution in [-0.2, 0) is 9.53 Å². The van der Waals surface area contributed by atoms with Crippen LogP contribution in [0.3, 0.4) is 0 Å². The monoisotopic (exact) mass is 345 g/mol. The van der Waals surface area contributed by atoms with Crippen molar-refractivity contribution in [3.8, 4) is 0 Å². The van der Waals surface area contributed by atoms with Crippen molar-refractivity contribution in [2.24, 2.45) is 0 Å². The Morgan fingerprint density at radius 3 is 2.50 bits per heavy atom. The van der Waals surface area contributed by atoms with Gasteiger partial charge in [0, 0.05) is 26.2 Å². The van der Waals surface area contributed by atoms with Crippen molar-refractivity contribution in [3.63, 3.8) is 0 Å². The molecule has 24 heavy (non-hydrogen) atoms. The van der Waals surface area contributed by atoms with Gasteiger partial charge in [-0.3, -0.25) is 15.0 Å². The molecule has 134 valence electrons. The Hall–Kier alpha value is -1.64. The van der Waals surface area contributed by atoms with Gasteiger partial charge in [-0.25, -0.2) is 0 Å². The molecule has 1 saturated heterocycles. The van der Waals surface area contributed by atoms with E-state index in [2.05, 4.69) is 15.5 Å². The maximum atomic E-state index is 13.1. The minimum Gasteiger partial charge on any atom is -0.379 e. The summed E-state index contributed by atoms with van der Waals surface area (Å²) < 4.78 is 44.6. The first-order chi connectivity index (χ1) is 11.5. The summed E-state index contributed by atoms with van der Waals surface area (Å²) in [6, 6.07) is 5.65. The van der Waals surface area contributed by atoms with E-state index < -0.39 is 18.1 Å². The fraction of sp³-hybridized carbons (Fsp3) is 0.562. The summed E-state index contributed by atoms with van der Waals surface area (Å²) in [6.07, 6.45) is -4.46. The van der Waals surface area contributed by atoms with Crippen LogP contribution >= 0.6 is 0 Å². The molecule has 0 spiro atoms. The SMILES string of the molecule is O=C(CNC(c1ccccc1)C(F)(F)F)NCCN1CCOCC1. The van der Waals surface area contributed by atoms with Gasteiger partial charge >= 0.3 is 6.18 Å². The standard InChI is InChI=1S/C16H22F3N3O2/c17-16(18,19)15(13-4-2-1-3-5-13)21-12-14(23)20-6-7-22-8-10-24-11-9-22/h1-5,15,21H,6-12H2,(H,20,23). The van der Waals surface area contributed by atoms with Gasteiger partial charge in [-0.05, 0) is 5.56 Å². The maximum absolute atomic E-state index is 13.1. The number of halogens is 3. The Balaban J connectivity index is 1.75. The summed E-state index contributed by atoms with van der Waals surface area (Å²) in [4.78, 5) is 13.9. The number of benzene rings is 1. The van der Waals surface area contributed by atoms with Crippen molar-refractivity contribution in [2.45, 2.75) is 12.2 Å². The molecule has 0 bridgehead atoms. The summed E-state index contributed by atoms with van der Waals surface area (Å²) in [6.45, 7) is 3.62. The highest BCUT2D eigenvalue weighted by molar-refractivity contribution is 5.78. The van der Waals surface area contributed by atoms with Crippen LogP contribution in [0.1, 0.15) is 11.6 Å². The molecule has 1 amide bonds. The van der Waals surface area contributed by atoms with Gasteiger partial charge in [0.25, 0.3) is 0 Å². The molecule has 0 aromatic heterocycles. The number of hydrogen-bond donors (Lipinski definition) is 2. The summed E-state index contributed by atoms with van der Waals surface area (Å²) in [5.41, 5.74) is 0.0890. The largest absolute Gasteiger partial charge is 0.407 e. The predicted octanol–water partition coefficient (Wildman–Crippen LogP) is 1.33. The first-order valence-electron chi connectivity index (χ1n) is 7.88. The molecule has 0 radical (unpaired) electrons. The minimum atomic E-state index is -4.46. The molecule has 2 N–H and O–H groups in total. The summed E-state index contributed by atoms with van der Waals surface area (Å²) in [5.74, 6) is -0.451. The van der Waals surface area contributed by atoms with Gasteiger partial charge in [0.2, 0.25) is 5.91 Å². The predicted molar refractivity (Wildman–Crippen MR) is 83.5 cm³/mol. The number of hydrogen-bond acceptors (Lipinski definition) is 4. The van der Waals surface area contributed by atoms with Gasteiger partial charge in [0.15, 0.2) is 0 Å². The average Bonchev–Trinajstić information content (AvgIpc) is 2.56. The third kappa shape index (κ3) is 6.10. The van der Waals surface area contributed by atoms with Crippen LogP contribution in [0.4, 0.5) is 13.2 Å². The Morgan fingerprint density at radius 1 is 1.21 bits per heavy atom. The zero-order chi connectivity index (χ0) is 17.4. The first kappa shape index (κ1) is 18.7. The molecule has 0 aliphatic carbocycles. The lowest BCUT2D eigenvalue weighted by Crippen LogP contribution is -2.44. The van der Waals surface area contributed by atoms with E-state index in [0.29, 0.717) is 26.3 Å². The Morgan fingerprint density at radius 2 is 1.88 bits per heavy atom. The van der Waals surface area contributed by atoms with Crippen LogP contribution in [0.5, 0.6) is 0 Å². The fourth-order valence-corrected chi connectivity index (χ4v) is 2.50. The number of ether oxygens (including phenoxy) is 1. The van der Waals surface area contributed by atoms with Crippen molar-refractivity contribution in [3.05, 3.63) is 35.9 Å². The highest BCUT2D eigenvalue weighted by Gasteiger charge is 2.40. The zero-order valence-electron chi connectivity index (χ0n) is 13.3. The highest BCUT2D eigenvalue weighted by Crippen LogP contribution is 2.32. The van der Waals surface area contributed by atoms with E-state index in [0.717, 1.165) is 13.1 Å². The van der Waals surface area contributed by atoms with Crippen LogP contribution in [-0.4, -0.2) is 62.9 Å². The van der Waals surface area contributed by atoms with E-state index in [1.807, 2.05) is 0 Å². The Labute approximate surface area is 139 Å². The second kappa shape index (κ2) is 9.00. The molecule has 1 unspecified atom stereocenters. The lowest BCUT2D eigenvalue weighted by molar-refractivity contribution is -0.158. The number of rotatable bonds is 7. The molecule has 5 nitrogen and oxygen atoms in total. The first-order valence-corrected chi connectivity index (χ1v) is 7.88. The molecule has 1 aromatic carbocycles. The number of nitrogens with zero attached hydrogens (tertiary/aromatic N) is 1. The van der Waals surface area contributed by atoms with Gasteiger partial charge in [0.05, 0.1) is 19.8 Å². The summed E-state index contributed by atoms with van der Waals surface area (Å²) in [7, 11) is 0. The van der Waals surface area contributed by atoms with Gasteiger partial charge < -0.3 is 10.1 Å². The molecular formula is C16H22F3N3O2. The summed E-state index contributed by atoms with van der Waals surface area (Å²) in [5, 5.41) is 4.93. The number of amides is 1. The Kier molecular flexibility index (Phi) is 7.01. The second-order valence-corrected chi connectivity index (χ2v) is 5.57. The van der Waals surface area contributed by atoms with Crippen LogP contribution in [0, 0.1) is 0 Å². The highest BCUT2D eigenvalue weighted by atomic mass is 19.4. The molecule has 1 aliphatic rings. The topological polar surface area (TPSA) is 53.6 Å². The van der Waals surface area contributed by atoms with Crippen molar-refractivity contribution >= 4 is 5.91 Å². The number of nitrogens with one attached hydrogen (secondary N) is 2. The van der Waals surface area contributed by atoms with E-state index in [-0.39, 0.29) is 12.1 Å².